The number of anilines is 1. The van der Waals surface area contributed by atoms with Gasteiger partial charge in [-0.3, -0.25) is 14.8 Å². The molecule has 0 fully saturated rings. The molecule has 3 N–H and O–H groups in total. The maximum atomic E-state index is 11.3. The molecular weight excluding hydrogens is 182 g/mol. The van der Waals surface area contributed by atoms with Crippen molar-refractivity contribution in [1.82, 2.24) is 9.97 Å². The second kappa shape index (κ2) is 4.31. The number of nitrogens with zero attached hydrogens (tertiary/aromatic N) is 3. The Kier molecular flexibility index (Phi) is 3.11. The van der Waals surface area contributed by atoms with Crippen molar-refractivity contribution in [3.8, 4) is 0 Å². The van der Waals surface area contributed by atoms with Crippen molar-refractivity contribution in [2.75, 3.05) is 12.8 Å². The van der Waals surface area contributed by atoms with Gasteiger partial charge in [0.15, 0.2) is 5.95 Å². The van der Waals surface area contributed by atoms with E-state index < -0.39 is 0 Å². The highest BCUT2D eigenvalue weighted by molar-refractivity contribution is 6.30. The SMILES string of the molecule is CN=CC(C)=Nc1cnc(N)[nH]c1=O. The van der Waals surface area contributed by atoms with Crippen molar-refractivity contribution in [3.63, 3.8) is 0 Å². The summed E-state index contributed by atoms with van der Waals surface area (Å²) in [5.74, 6) is 0.0794. The van der Waals surface area contributed by atoms with E-state index in [1.165, 1.54) is 6.20 Å². The topological polar surface area (TPSA) is 96.5 Å². The molecule has 0 unspecified atom stereocenters. The highest BCUT2D eigenvalue weighted by atomic mass is 16.1. The molecular formula is C8H11N5O. The van der Waals surface area contributed by atoms with Gasteiger partial charge in [0.25, 0.3) is 5.56 Å². The molecule has 0 bridgehead atoms. The molecule has 0 atom stereocenters. The molecule has 0 saturated heterocycles. The van der Waals surface area contributed by atoms with Crippen molar-refractivity contribution >= 4 is 23.6 Å². The second-order valence-corrected chi connectivity index (χ2v) is 2.62. The molecule has 0 aliphatic rings. The maximum absolute atomic E-state index is 11.3. The van der Waals surface area contributed by atoms with Gasteiger partial charge < -0.3 is 5.73 Å². The summed E-state index contributed by atoms with van der Waals surface area (Å²) >= 11 is 0. The van der Waals surface area contributed by atoms with Crippen LogP contribution in [0.25, 0.3) is 0 Å². The van der Waals surface area contributed by atoms with Crippen molar-refractivity contribution in [1.29, 1.82) is 0 Å². The third-order valence-electron chi connectivity index (χ3n) is 1.41. The van der Waals surface area contributed by atoms with Crippen molar-refractivity contribution in [2.24, 2.45) is 9.98 Å². The van der Waals surface area contributed by atoms with Crippen LogP contribution < -0.4 is 11.3 Å². The average molecular weight is 193 g/mol. The quantitative estimate of drug-likeness (QED) is 0.654. The largest absolute Gasteiger partial charge is 0.369 e. The minimum Gasteiger partial charge on any atom is -0.369 e. The summed E-state index contributed by atoms with van der Waals surface area (Å²) in [4.78, 5) is 25.1. The van der Waals surface area contributed by atoms with Crippen LogP contribution in [0, 0.1) is 0 Å². The Balaban J connectivity index is 3.09. The summed E-state index contributed by atoms with van der Waals surface area (Å²) in [7, 11) is 1.63. The molecule has 1 heterocycles. The molecule has 0 aliphatic heterocycles. The van der Waals surface area contributed by atoms with Crippen LogP contribution in [0.15, 0.2) is 21.0 Å². The first-order valence-corrected chi connectivity index (χ1v) is 3.95. The van der Waals surface area contributed by atoms with Gasteiger partial charge in [0.05, 0.1) is 11.9 Å². The number of nitrogens with one attached hydrogen (secondary N) is 1. The van der Waals surface area contributed by atoms with Crippen LogP contribution in [0.2, 0.25) is 0 Å². The first-order valence-electron chi connectivity index (χ1n) is 3.95. The molecule has 1 aromatic heterocycles. The summed E-state index contributed by atoms with van der Waals surface area (Å²) in [5.41, 5.74) is 5.76. The molecule has 6 heteroatoms. The molecule has 0 spiro atoms. The minimum atomic E-state index is -0.360. The van der Waals surface area contributed by atoms with Gasteiger partial charge in [-0.15, -0.1) is 0 Å². The van der Waals surface area contributed by atoms with E-state index in [2.05, 4.69) is 20.0 Å². The standard InChI is InChI=1S/C8H11N5O/c1-5(3-10-2)12-6-4-11-8(9)13-7(6)14/h3-4H,1-2H3,(H3,9,11,13,14). The summed E-state index contributed by atoms with van der Waals surface area (Å²) in [6.45, 7) is 1.74. The predicted molar refractivity (Wildman–Crippen MR) is 56.5 cm³/mol. The molecule has 0 radical (unpaired) electrons. The molecule has 6 nitrogen and oxygen atoms in total. The summed E-state index contributed by atoms with van der Waals surface area (Å²) in [6.07, 6.45) is 2.87. The van der Waals surface area contributed by atoms with Crippen LogP contribution in [0.3, 0.4) is 0 Å². The lowest BCUT2D eigenvalue weighted by atomic mass is 10.4. The minimum absolute atomic E-state index is 0.0794. The van der Waals surface area contributed by atoms with E-state index in [4.69, 9.17) is 5.73 Å². The lowest BCUT2D eigenvalue weighted by molar-refractivity contribution is 1.13. The van der Waals surface area contributed by atoms with E-state index in [1.54, 1.807) is 20.2 Å². The van der Waals surface area contributed by atoms with Crippen molar-refractivity contribution in [3.05, 3.63) is 16.6 Å². The van der Waals surface area contributed by atoms with Gasteiger partial charge in [-0.1, -0.05) is 0 Å². The van der Waals surface area contributed by atoms with Crippen LogP contribution in [0.5, 0.6) is 0 Å². The molecule has 0 aliphatic carbocycles. The van der Waals surface area contributed by atoms with Crippen LogP contribution in [0.4, 0.5) is 11.6 Å². The highest BCUT2D eigenvalue weighted by Gasteiger charge is 1.98. The monoisotopic (exact) mass is 193 g/mol. The number of hydrogen-bond acceptors (Lipinski definition) is 5. The lowest BCUT2D eigenvalue weighted by Gasteiger charge is -1.94. The summed E-state index contributed by atoms with van der Waals surface area (Å²) < 4.78 is 0. The normalized spacial score (nSPS) is 12.3. The Morgan fingerprint density at radius 1 is 1.71 bits per heavy atom. The molecule has 0 saturated carbocycles. The number of nitrogens with two attached hydrogens (primary N) is 1. The number of nitrogen functional groups attached to an aromatic ring is 1. The number of aliphatic imine (C=N–C) groups is 2. The molecule has 0 amide bonds. The Hall–Kier alpha value is -1.98. The van der Waals surface area contributed by atoms with E-state index >= 15 is 0 Å². The van der Waals surface area contributed by atoms with E-state index in [-0.39, 0.29) is 17.2 Å². The maximum Gasteiger partial charge on any atom is 0.278 e. The van der Waals surface area contributed by atoms with Crippen molar-refractivity contribution < 1.29 is 0 Å². The third-order valence-corrected chi connectivity index (χ3v) is 1.41. The zero-order valence-electron chi connectivity index (χ0n) is 7.98. The van der Waals surface area contributed by atoms with E-state index in [1.807, 2.05) is 0 Å². The Morgan fingerprint density at radius 2 is 2.43 bits per heavy atom. The van der Waals surface area contributed by atoms with Gasteiger partial charge >= 0.3 is 0 Å². The summed E-state index contributed by atoms with van der Waals surface area (Å²) in [6, 6.07) is 0. The Morgan fingerprint density at radius 3 is 3.00 bits per heavy atom. The first kappa shape index (κ1) is 10.1. The first-order chi connectivity index (χ1) is 6.63. The number of rotatable bonds is 2. The average Bonchev–Trinajstić information content (AvgIpc) is 2.10. The fourth-order valence-corrected chi connectivity index (χ4v) is 0.887. The number of hydrogen-bond donors (Lipinski definition) is 2. The van der Waals surface area contributed by atoms with Crippen LogP contribution in [-0.4, -0.2) is 28.9 Å². The molecule has 0 aromatic carbocycles. The predicted octanol–water partition coefficient (Wildman–Crippen LogP) is 0.145. The fraction of sp³-hybridized carbons (Fsp3) is 0.250. The lowest BCUT2D eigenvalue weighted by Crippen LogP contribution is -2.10. The van der Waals surface area contributed by atoms with E-state index in [9.17, 15) is 4.79 Å². The number of H-pyrrole nitrogens is 1. The Bertz CT molecular complexity index is 432. The highest BCUT2D eigenvalue weighted by Crippen LogP contribution is 2.01. The summed E-state index contributed by atoms with van der Waals surface area (Å²) in [5, 5.41) is 0. The van der Waals surface area contributed by atoms with Gasteiger partial charge in [0, 0.05) is 13.3 Å². The number of aromatic amines is 1. The molecule has 1 aromatic rings. The van der Waals surface area contributed by atoms with Crippen molar-refractivity contribution in [2.45, 2.75) is 6.92 Å². The van der Waals surface area contributed by atoms with Gasteiger partial charge in [0.1, 0.15) is 5.69 Å². The zero-order valence-corrected chi connectivity index (χ0v) is 7.98. The van der Waals surface area contributed by atoms with Gasteiger partial charge in [-0.25, -0.2) is 9.98 Å². The second-order valence-electron chi connectivity index (χ2n) is 2.62. The smallest absolute Gasteiger partial charge is 0.278 e. The van der Waals surface area contributed by atoms with E-state index in [0.29, 0.717) is 5.71 Å². The van der Waals surface area contributed by atoms with Crippen LogP contribution in [0.1, 0.15) is 6.92 Å². The van der Waals surface area contributed by atoms with Crippen LogP contribution in [-0.2, 0) is 0 Å². The Labute approximate surface area is 80.6 Å². The molecule has 74 valence electrons. The zero-order chi connectivity index (χ0) is 10.6. The molecule has 14 heavy (non-hydrogen) atoms. The molecule has 1 rings (SSSR count). The third kappa shape index (κ3) is 2.51. The van der Waals surface area contributed by atoms with Gasteiger partial charge in [0.2, 0.25) is 0 Å². The number of aromatic nitrogens is 2. The van der Waals surface area contributed by atoms with E-state index in [0.717, 1.165) is 0 Å². The van der Waals surface area contributed by atoms with Gasteiger partial charge in [-0.2, -0.15) is 0 Å². The van der Waals surface area contributed by atoms with Gasteiger partial charge in [-0.05, 0) is 6.92 Å². The van der Waals surface area contributed by atoms with Crippen LogP contribution >= 0.6 is 0 Å². The fourth-order valence-electron chi connectivity index (χ4n) is 0.887.